The molecule has 7 nitrogen and oxygen atoms in total. The van der Waals surface area contributed by atoms with Crippen LogP contribution < -0.4 is 10.6 Å². The van der Waals surface area contributed by atoms with Crippen LogP contribution in [0.4, 0.5) is 29.3 Å². The summed E-state index contributed by atoms with van der Waals surface area (Å²) in [4.78, 5) is 30.8. The minimum atomic E-state index is -4.66. The van der Waals surface area contributed by atoms with E-state index in [2.05, 4.69) is 20.8 Å². The number of halogens is 3. The summed E-state index contributed by atoms with van der Waals surface area (Å²) in [6, 6.07) is 27.3. The van der Waals surface area contributed by atoms with E-state index in [9.17, 15) is 22.8 Å². The fourth-order valence-corrected chi connectivity index (χ4v) is 5.02. The first kappa shape index (κ1) is 28.4. The Labute approximate surface area is 249 Å². The van der Waals surface area contributed by atoms with Gasteiger partial charge in [0.2, 0.25) is 0 Å². The summed E-state index contributed by atoms with van der Waals surface area (Å²) >= 11 is 0. The second-order valence-corrected chi connectivity index (χ2v) is 9.93. The second kappa shape index (κ2) is 11.5. The maximum absolute atomic E-state index is 13.9. The quantitative estimate of drug-likeness (QED) is 0.189. The topological polar surface area (TPSA) is 97.1 Å². The third-order valence-corrected chi connectivity index (χ3v) is 7.04. The first-order chi connectivity index (χ1) is 21.2. The Morgan fingerprint density at radius 3 is 2.20 bits per heavy atom. The number of hydrogen-bond donors (Lipinski definition) is 2. The normalized spacial score (nSPS) is 11.4. The molecule has 2 aromatic heterocycles. The highest BCUT2D eigenvalue weighted by molar-refractivity contribution is 6.17. The number of carbonyl (C=O) groups excluding carboxylic acids is 2. The highest BCUT2D eigenvalue weighted by Gasteiger charge is 2.34. The Balaban J connectivity index is 1.40. The molecule has 2 N–H and O–H groups in total. The highest BCUT2D eigenvalue weighted by atomic mass is 19.4. The zero-order chi connectivity index (χ0) is 30.8. The van der Waals surface area contributed by atoms with Gasteiger partial charge in [-0.2, -0.15) is 13.2 Å². The van der Waals surface area contributed by atoms with E-state index in [1.807, 2.05) is 30.3 Å². The van der Waals surface area contributed by atoms with Crippen LogP contribution in [0.1, 0.15) is 27.2 Å². The van der Waals surface area contributed by atoms with Crippen molar-refractivity contribution in [1.82, 2.24) is 10.1 Å². The van der Waals surface area contributed by atoms with Crippen molar-refractivity contribution in [2.75, 3.05) is 10.6 Å². The first-order valence-corrected chi connectivity index (χ1v) is 13.5. The molecule has 2 amide bonds. The van der Waals surface area contributed by atoms with E-state index in [0.29, 0.717) is 34.0 Å². The van der Waals surface area contributed by atoms with Crippen molar-refractivity contribution in [2.45, 2.75) is 13.1 Å². The van der Waals surface area contributed by atoms with Crippen LogP contribution >= 0.6 is 0 Å². The molecule has 0 saturated carbocycles. The lowest BCUT2D eigenvalue weighted by atomic mass is 9.91. The number of pyridine rings is 1. The van der Waals surface area contributed by atoms with Crippen LogP contribution in [0.5, 0.6) is 0 Å². The summed E-state index contributed by atoms with van der Waals surface area (Å²) in [5, 5.41) is 9.75. The van der Waals surface area contributed by atoms with Crippen molar-refractivity contribution in [3.05, 3.63) is 132 Å². The Morgan fingerprint density at radius 1 is 0.795 bits per heavy atom. The Hall–Kier alpha value is -5.77. The van der Waals surface area contributed by atoms with Crippen molar-refractivity contribution in [1.29, 1.82) is 0 Å². The van der Waals surface area contributed by atoms with Gasteiger partial charge < -0.3 is 15.2 Å². The van der Waals surface area contributed by atoms with Crippen molar-refractivity contribution < 1.29 is 27.3 Å². The summed E-state index contributed by atoms with van der Waals surface area (Å²) in [5.74, 6) is 0.000403. The number of rotatable bonds is 6. The predicted molar refractivity (Wildman–Crippen MR) is 161 cm³/mol. The number of aryl methyl sites for hydroxylation is 1. The average Bonchev–Trinajstić information content (AvgIpc) is 3.39. The summed E-state index contributed by atoms with van der Waals surface area (Å²) in [5.41, 5.74) is 1.89. The van der Waals surface area contributed by atoms with E-state index >= 15 is 0 Å². The van der Waals surface area contributed by atoms with Gasteiger partial charge in [-0.05, 0) is 30.7 Å². The number of fused-ring (bicyclic) bond motifs is 1. The number of alkyl halides is 3. The van der Waals surface area contributed by atoms with Crippen LogP contribution in [0.3, 0.4) is 0 Å². The van der Waals surface area contributed by atoms with Crippen LogP contribution in [0.15, 0.2) is 114 Å². The molecule has 0 bridgehead atoms. The van der Waals surface area contributed by atoms with Crippen LogP contribution in [0.25, 0.3) is 33.3 Å². The van der Waals surface area contributed by atoms with Gasteiger partial charge in [0.1, 0.15) is 11.4 Å². The van der Waals surface area contributed by atoms with E-state index < -0.39 is 23.6 Å². The lowest BCUT2D eigenvalue weighted by Gasteiger charge is -2.16. The van der Waals surface area contributed by atoms with Crippen molar-refractivity contribution >= 4 is 34.1 Å². The monoisotopic (exact) mass is 592 g/mol. The molecule has 0 radical (unpaired) electrons. The smallest absolute Gasteiger partial charge is 0.359 e. The highest BCUT2D eigenvalue weighted by Crippen LogP contribution is 2.39. The zero-order valence-electron chi connectivity index (χ0n) is 23.1. The van der Waals surface area contributed by atoms with Gasteiger partial charge in [-0.15, -0.1) is 0 Å². The number of nitrogens with one attached hydrogen (secondary N) is 2. The minimum absolute atomic E-state index is 0.122. The molecule has 44 heavy (non-hydrogen) atoms. The molecule has 0 saturated heterocycles. The maximum atomic E-state index is 13.9. The molecule has 0 atom stereocenters. The van der Waals surface area contributed by atoms with Gasteiger partial charge in [0.25, 0.3) is 0 Å². The van der Waals surface area contributed by atoms with Gasteiger partial charge in [-0.3, -0.25) is 9.78 Å². The van der Waals surface area contributed by atoms with E-state index in [1.54, 1.807) is 61.5 Å². The molecule has 0 spiro atoms. The van der Waals surface area contributed by atoms with Crippen LogP contribution in [0, 0.1) is 6.92 Å². The molecule has 0 aliphatic carbocycles. The molecule has 218 valence electrons. The molecule has 4 aromatic carbocycles. The summed E-state index contributed by atoms with van der Waals surface area (Å²) < 4.78 is 47.1. The van der Waals surface area contributed by atoms with Gasteiger partial charge in [0.15, 0.2) is 11.5 Å². The summed E-state index contributed by atoms with van der Waals surface area (Å²) in [6.45, 7) is 1.67. The third kappa shape index (κ3) is 5.52. The fourth-order valence-electron chi connectivity index (χ4n) is 5.02. The fraction of sp³-hybridized carbons (Fsp3) is 0.0588. The average molecular weight is 593 g/mol. The third-order valence-electron chi connectivity index (χ3n) is 7.04. The molecule has 2 heterocycles. The maximum Gasteiger partial charge on any atom is 0.418 e. The molecular weight excluding hydrogens is 569 g/mol. The Kier molecular flexibility index (Phi) is 7.40. The molecule has 0 fully saturated rings. The van der Waals surface area contributed by atoms with Crippen LogP contribution in [-0.4, -0.2) is 22.0 Å². The van der Waals surface area contributed by atoms with Crippen molar-refractivity contribution in [3.8, 4) is 22.4 Å². The molecule has 0 unspecified atom stereocenters. The van der Waals surface area contributed by atoms with E-state index in [1.165, 1.54) is 18.3 Å². The van der Waals surface area contributed by atoms with Crippen molar-refractivity contribution in [2.24, 2.45) is 0 Å². The SMILES string of the molecule is Cc1onc(-c2ccccc2)c1NC(=O)Nc1cccc(-c2c(C(=O)c3ccccc3)cnc3c(C(F)(F)F)cccc23)c1. The van der Waals surface area contributed by atoms with E-state index in [-0.39, 0.29) is 22.0 Å². The lowest BCUT2D eigenvalue weighted by molar-refractivity contribution is -0.136. The molecule has 0 aliphatic heterocycles. The summed E-state index contributed by atoms with van der Waals surface area (Å²) in [6.07, 6.45) is -3.48. The Morgan fingerprint density at radius 2 is 1.48 bits per heavy atom. The molecule has 6 rings (SSSR count). The van der Waals surface area contributed by atoms with Gasteiger partial charge in [0, 0.05) is 39.5 Å². The number of carbonyl (C=O) groups is 2. The number of benzene rings is 4. The molecular formula is C34H23F3N4O3. The Bertz CT molecular complexity index is 2010. The second-order valence-electron chi connectivity index (χ2n) is 9.93. The zero-order valence-corrected chi connectivity index (χ0v) is 23.1. The number of para-hydroxylation sites is 1. The predicted octanol–water partition coefficient (Wildman–Crippen LogP) is 8.76. The number of hydrogen-bond acceptors (Lipinski definition) is 5. The van der Waals surface area contributed by atoms with E-state index in [4.69, 9.17) is 4.52 Å². The minimum Gasteiger partial charge on any atom is -0.359 e. The van der Waals surface area contributed by atoms with Crippen LogP contribution in [0.2, 0.25) is 0 Å². The number of aromatic nitrogens is 2. The number of amides is 2. The largest absolute Gasteiger partial charge is 0.418 e. The van der Waals surface area contributed by atoms with Crippen LogP contribution in [-0.2, 0) is 6.18 Å². The van der Waals surface area contributed by atoms with Crippen molar-refractivity contribution in [3.63, 3.8) is 0 Å². The molecule has 6 aromatic rings. The molecule has 10 heteroatoms. The van der Waals surface area contributed by atoms with Gasteiger partial charge in [-0.1, -0.05) is 90.1 Å². The number of anilines is 2. The molecule has 0 aliphatic rings. The number of ketones is 1. The van der Waals surface area contributed by atoms with Gasteiger partial charge in [-0.25, -0.2) is 4.79 Å². The van der Waals surface area contributed by atoms with Gasteiger partial charge in [0.05, 0.1) is 11.1 Å². The van der Waals surface area contributed by atoms with E-state index in [0.717, 1.165) is 11.6 Å². The van der Waals surface area contributed by atoms with Gasteiger partial charge >= 0.3 is 12.2 Å². The number of urea groups is 1. The first-order valence-electron chi connectivity index (χ1n) is 13.5. The summed E-state index contributed by atoms with van der Waals surface area (Å²) in [7, 11) is 0. The standard InChI is InChI=1S/C34H23F3N4O3/c1-20-29(30(41-44-20)21-10-4-2-5-11-21)40-33(43)39-24-15-8-14-23(18-24)28-25-16-9-17-27(34(35,36)37)31(25)38-19-26(28)32(42)22-12-6-3-7-13-22/h2-19H,1H3,(H2,39,40,43). The number of nitrogens with zero attached hydrogens (tertiary/aromatic N) is 2. The lowest BCUT2D eigenvalue weighted by Crippen LogP contribution is -2.20.